The van der Waals surface area contributed by atoms with Crippen LogP contribution in [0.4, 0.5) is 4.79 Å². The largest absolute Gasteiger partial charge is 0.316 e. The van der Waals surface area contributed by atoms with E-state index in [-0.39, 0.29) is 79.9 Å². The molecule has 0 rings (SSSR count). The number of hydrogen-bond acceptors (Lipinski definition) is 1. The summed E-state index contributed by atoms with van der Waals surface area (Å²) in [6, 6.07) is 0. The van der Waals surface area contributed by atoms with Crippen molar-refractivity contribution in [3.05, 3.63) is 0 Å². The van der Waals surface area contributed by atoms with Crippen LogP contribution in [0.5, 0.6) is 0 Å². The molecule has 0 saturated carbocycles. The third kappa shape index (κ3) is 90.9. The zero-order chi connectivity index (χ0) is 3.58. The molecule has 4 nitrogen and oxygen atoms in total. The molecule has 0 aromatic rings. The van der Waals surface area contributed by atoms with Gasteiger partial charge in [0.05, 0.1) is 0 Å². The van der Waals surface area contributed by atoms with Crippen molar-refractivity contribution in [2.45, 2.75) is 0 Å². The fraction of sp³-hybridized carbons (Fsp3) is 0. The molecule has 0 aliphatic carbocycles. The van der Waals surface area contributed by atoms with E-state index in [9.17, 15) is 0 Å². The van der Waals surface area contributed by atoms with Gasteiger partial charge in [-0.3, -0.25) is 0 Å². The van der Waals surface area contributed by atoms with Gasteiger partial charge >= 0.3 is 80.6 Å². The maximum atomic E-state index is 8.56. The topological polar surface area (TPSA) is 89.0 Å². The van der Waals surface area contributed by atoms with E-state index in [2.05, 4.69) is 0 Å². The minimum absolute atomic E-state index is 0. The van der Waals surface area contributed by atoms with Crippen LogP contribution in [0.15, 0.2) is 0 Å². The Morgan fingerprint density at radius 3 is 1.29 bits per heavy atom. The van der Waals surface area contributed by atoms with Crippen LogP contribution in [-0.4, -0.2) is 96.3 Å². The number of rotatable bonds is 0. The predicted octanol–water partition coefficient (Wildman–Crippen LogP) is -2.17. The van der Waals surface area contributed by atoms with Crippen LogP contribution < -0.4 is 0 Å². The van der Waals surface area contributed by atoms with E-state index in [1.54, 1.807) is 0 Å². The van der Waals surface area contributed by atoms with Crippen LogP contribution in [0.1, 0.15) is 0 Å². The Kier molecular flexibility index (Phi) is 52.4. The average molecular weight is 146 g/mol. The summed E-state index contributed by atoms with van der Waals surface area (Å²) in [5, 5.41) is 13.9. The molecule has 7 heavy (non-hydrogen) atoms. The van der Waals surface area contributed by atoms with Crippen molar-refractivity contribution in [3.63, 3.8) is 0 Å². The molecule has 6 heteroatoms. The Morgan fingerprint density at radius 2 is 1.29 bits per heavy atom. The molecular weight excluding hydrogens is 139 g/mol. The van der Waals surface area contributed by atoms with Crippen molar-refractivity contribution in [2.24, 2.45) is 0 Å². The SMILES string of the molecule is O.O=C(O)O.[KH].[MgH2]. The number of carboxylic acid groups (broad SMARTS) is 2. The second-order valence-electron chi connectivity index (χ2n) is 0.283. The van der Waals surface area contributed by atoms with Gasteiger partial charge in [0, 0.05) is 0 Å². The molecule has 0 atom stereocenters. The van der Waals surface area contributed by atoms with Gasteiger partial charge in [0.2, 0.25) is 0 Å². The van der Waals surface area contributed by atoms with E-state index < -0.39 is 6.16 Å². The molecule has 38 valence electrons. The van der Waals surface area contributed by atoms with E-state index in [0.717, 1.165) is 0 Å². The zero-order valence-electron chi connectivity index (χ0n) is 2.30. The number of hydrogen-bond donors (Lipinski definition) is 2. The summed E-state index contributed by atoms with van der Waals surface area (Å²) in [5.41, 5.74) is 0. The molecule has 0 aliphatic rings. The average Bonchev–Trinajstić information content (AvgIpc) is 0.811. The Labute approximate surface area is 99.2 Å². The molecule has 0 aliphatic heterocycles. The second-order valence-corrected chi connectivity index (χ2v) is 0.283. The Morgan fingerprint density at radius 1 is 1.29 bits per heavy atom. The minimum Gasteiger partial charge on any atom is 0.316 e. The first kappa shape index (κ1) is 23.4. The first-order chi connectivity index (χ1) is 1.73. The second kappa shape index (κ2) is 15.6. The van der Waals surface area contributed by atoms with Gasteiger partial charge in [0.25, 0.3) is 0 Å². The maximum absolute atomic E-state index is 8.56. The minimum atomic E-state index is -1.83. The maximum Gasteiger partial charge on any atom is 0.316 e. The van der Waals surface area contributed by atoms with Crippen molar-refractivity contribution in [3.8, 4) is 0 Å². The van der Waals surface area contributed by atoms with Crippen molar-refractivity contribution >= 4 is 80.6 Å². The van der Waals surface area contributed by atoms with E-state index in [1.807, 2.05) is 0 Å². The third-order valence-electron chi connectivity index (χ3n) is 0. The van der Waals surface area contributed by atoms with Crippen LogP contribution in [0.25, 0.3) is 0 Å². The van der Waals surface area contributed by atoms with E-state index in [0.29, 0.717) is 0 Å². The Bertz CT molecular complexity index is 34.7. The molecule has 0 saturated heterocycles. The summed E-state index contributed by atoms with van der Waals surface area (Å²) < 4.78 is 0. The summed E-state index contributed by atoms with van der Waals surface area (Å²) >= 11 is 0. The normalized spacial score (nSPS) is 3.43. The first-order valence-corrected chi connectivity index (χ1v) is 0.651. The van der Waals surface area contributed by atoms with Gasteiger partial charge in [-0.15, -0.1) is 0 Å². The summed E-state index contributed by atoms with van der Waals surface area (Å²) in [6.45, 7) is 0. The molecular formula is CH7KMgO4. The smallest absolute Gasteiger partial charge is 0.316 e. The van der Waals surface area contributed by atoms with Crippen LogP contribution in [0.3, 0.4) is 0 Å². The molecule has 0 aromatic carbocycles. The Balaban J connectivity index is -0.0000000150. The molecule has 0 bridgehead atoms. The molecule has 0 heterocycles. The van der Waals surface area contributed by atoms with Crippen molar-refractivity contribution in [1.82, 2.24) is 0 Å². The third-order valence-corrected chi connectivity index (χ3v) is 0. The fourth-order valence-electron chi connectivity index (χ4n) is 0. The van der Waals surface area contributed by atoms with E-state index in [1.165, 1.54) is 0 Å². The predicted molar refractivity (Wildman–Crippen MR) is 30.0 cm³/mol. The molecule has 0 aromatic heterocycles. The van der Waals surface area contributed by atoms with Crippen LogP contribution in [-0.2, 0) is 0 Å². The van der Waals surface area contributed by atoms with Gasteiger partial charge in [-0.2, -0.15) is 0 Å². The van der Waals surface area contributed by atoms with Gasteiger partial charge in [0.15, 0.2) is 0 Å². The van der Waals surface area contributed by atoms with Gasteiger partial charge < -0.3 is 15.7 Å². The van der Waals surface area contributed by atoms with Gasteiger partial charge in [-0.05, 0) is 0 Å². The van der Waals surface area contributed by atoms with Crippen LogP contribution in [0, 0.1) is 0 Å². The summed E-state index contributed by atoms with van der Waals surface area (Å²) in [4.78, 5) is 8.56. The summed E-state index contributed by atoms with van der Waals surface area (Å²) in [6.07, 6.45) is -1.83. The molecule has 0 spiro atoms. The summed E-state index contributed by atoms with van der Waals surface area (Å²) in [5.74, 6) is 0. The van der Waals surface area contributed by atoms with Gasteiger partial charge in [0.1, 0.15) is 0 Å². The molecule has 4 N–H and O–H groups in total. The zero-order valence-corrected chi connectivity index (χ0v) is 2.30. The van der Waals surface area contributed by atoms with E-state index >= 15 is 0 Å². The van der Waals surface area contributed by atoms with Crippen molar-refractivity contribution < 1.29 is 20.5 Å². The number of carbonyl (C=O) groups is 1. The molecule has 0 radical (unpaired) electrons. The van der Waals surface area contributed by atoms with Crippen molar-refractivity contribution in [2.75, 3.05) is 0 Å². The van der Waals surface area contributed by atoms with Crippen LogP contribution >= 0.6 is 0 Å². The quantitative estimate of drug-likeness (QED) is 0.381. The molecule has 0 amide bonds. The Hall–Kier alpha value is 1.63. The van der Waals surface area contributed by atoms with Gasteiger partial charge in [-0.25, -0.2) is 4.79 Å². The molecule has 0 fully saturated rings. The van der Waals surface area contributed by atoms with Crippen LogP contribution in [0.2, 0.25) is 0 Å². The summed E-state index contributed by atoms with van der Waals surface area (Å²) in [7, 11) is 0. The van der Waals surface area contributed by atoms with Crippen molar-refractivity contribution in [1.29, 1.82) is 0 Å². The van der Waals surface area contributed by atoms with E-state index in [4.69, 9.17) is 15.0 Å². The monoisotopic (exact) mass is 146 g/mol. The molecule has 0 unspecified atom stereocenters. The fourth-order valence-corrected chi connectivity index (χ4v) is 0. The first-order valence-electron chi connectivity index (χ1n) is 0.651. The van der Waals surface area contributed by atoms with Gasteiger partial charge in [-0.1, -0.05) is 0 Å². The standard InChI is InChI=1S/CH2O3.K.Mg.H2O.3H/c2-1(3)4;;;;;;/h(H2,2,3,4);;;1H2;;;.